The summed E-state index contributed by atoms with van der Waals surface area (Å²) in [7, 11) is 0. The molecular formula is C30H26F5N3O3. The topological polar surface area (TPSA) is 75.4 Å². The minimum absolute atomic E-state index is 0.0963. The fourth-order valence-corrected chi connectivity index (χ4v) is 4.30. The van der Waals surface area contributed by atoms with Gasteiger partial charge in [0.15, 0.2) is 0 Å². The molecule has 11 heteroatoms. The second-order valence-corrected chi connectivity index (χ2v) is 9.39. The summed E-state index contributed by atoms with van der Waals surface area (Å²) in [5.74, 6) is -3.66. The Balaban J connectivity index is 1.54. The van der Waals surface area contributed by atoms with Crippen molar-refractivity contribution in [1.82, 2.24) is 15.2 Å². The Morgan fingerprint density at radius 1 is 1.10 bits per heavy atom. The second-order valence-electron chi connectivity index (χ2n) is 9.39. The van der Waals surface area contributed by atoms with E-state index in [2.05, 4.69) is 23.5 Å². The molecular weight excluding hydrogens is 545 g/mol. The van der Waals surface area contributed by atoms with Gasteiger partial charge in [-0.05, 0) is 42.0 Å². The molecule has 1 aliphatic rings. The Labute approximate surface area is 232 Å². The van der Waals surface area contributed by atoms with Crippen LogP contribution in [-0.2, 0) is 17.5 Å². The number of hydrogen-bond acceptors (Lipinski definition) is 4. The van der Waals surface area contributed by atoms with Crippen LogP contribution in [0.25, 0.3) is 22.2 Å². The van der Waals surface area contributed by atoms with E-state index in [-0.39, 0.29) is 47.6 Å². The van der Waals surface area contributed by atoms with E-state index in [0.717, 1.165) is 6.07 Å². The van der Waals surface area contributed by atoms with Crippen LogP contribution in [0, 0.1) is 0 Å². The van der Waals surface area contributed by atoms with Crippen molar-refractivity contribution < 1.29 is 36.0 Å². The number of aromatic nitrogens is 1. The lowest BCUT2D eigenvalue weighted by Crippen LogP contribution is -2.42. The highest BCUT2D eigenvalue weighted by molar-refractivity contribution is 5.94. The molecule has 0 spiro atoms. The van der Waals surface area contributed by atoms with E-state index in [1.54, 1.807) is 6.08 Å². The number of furan rings is 1. The highest BCUT2D eigenvalue weighted by atomic mass is 19.4. The lowest BCUT2D eigenvalue weighted by atomic mass is 10.0. The number of pyridine rings is 1. The zero-order valence-electron chi connectivity index (χ0n) is 21.8. The van der Waals surface area contributed by atoms with E-state index in [1.807, 2.05) is 0 Å². The minimum atomic E-state index is -4.75. The SMILES string of the molecule is C=CC=C(C=C)C=CC(=O)NCc1cc2cc(-c3ccc(C(=O)N4CCC(F)(F)CC4)cn3)cc(C(F)(F)F)c2o1. The maximum absolute atomic E-state index is 14.0. The molecule has 3 heterocycles. The van der Waals surface area contributed by atoms with Gasteiger partial charge in [0.05, 0.1) is 23.4 Å². The number of rotatable bonds is 8. The quantitative estimate of drug-likeness (QED) is 0.182. The second kappa shape index (κ2) is 11.9. The van der Waals surface area contributed by atoms with E-state index in [0.29, 0.717) is 5.57 Å². The molecule has 0 saturated carbocycles. The normalized spacial score (nSPS) is 15.7. The van der Waals surface area contributed by atoms with E-state index in [9.17, 15) is 31.5 Å². The Morgan fingerprint density at radius 2 is 1.83 bits per heavy atom. The van der Waals surface area contributed by atoms with Crippen LogP contribution >= 0.6 is 0 Å². The molecule has 1 fully saturated rings. The van der Waals surface area contributed by atoms with Gasteiger partial charge >= 0.3 is 6.18 Å². The summed E-state index contributed by atoms with van der Waals surface area (Å²) < 4.78 is 74.2. The van der Waals surface area contributed by atoms with Crippen molar-refractivity contribution in [2.75, 3.05) is 13.1 Å². The van der Waals surface area contributed by atoms with Gasteiger partial charge in [-0.3, -0.25) is 14.6 Å². The number of carbonyl (C=O) groups excluding carboxylic acids is 2. The zero-order valence-corrected chi connectivity index (χ0v) is 21.8. The fourth-order valence-electron chi connectivity index (χ4n) is 4.30. The van der Waals surface area contributed by atoms with Gasteiger partial charge in [0, 0.05) is 49.2 Å². The number of benzene rings is 1. The average Bonchev–Trinajstić information content (AvgIpc) is 3.35. The van der Waals surface area contributed by atoms with Gasteiger partial charge in [0.1, 0.15) is 11.3 Å². The van der Waals surface area contributed by atoms with E-state index in [1.165, 1.54) is 59.7 Å². The monoisotopic (exact) mass is 571 g/mol. The highest BCUT2D eigenvalue weighted by Crippen LogP contribution is 2.39. The third-order valence-corrected chi connectivity index (χ3v) is 6.47. The standard InChI is InChI=1S/C30H26F5N3O3/c1-3-5-19(4-2)6-9-26(39)37-18-23-15-22-14-21(16-24(27(22)41-23)30(33,34)35)25-8-7-20(17-36-25)28(40)38-12-10-29(31,32)11-13-38/h3-9,14-17H,1-2,10-13,18H2,(H,37,39). The van der Waals surface area contributed by atoms with Crippen molar-refractivity contribution in [3.63, 3.8) is 0 Å². The zero-order chi connectivity index (χ0) is 29.8. The van der Waals surface area contributed by atoms with Crippen LogP contribution in [0.2, 0.25) is 0 Å². The molecule has 1 N–H and O–H groups in total. The fraction of sp³-hybridized carbons (Fsp3) is 0.233. The van der Waals surface area contributed by atoms with Crippen LogP contribution in [0.15, 0.2) is 90.1 Å². The van der Waals surface area contributed by atoms with E-state index < -0.39 is 47.9 Å². The first kappa shape index (κ1) is 29.4. The van der Waals surface area contributed by atoms with Crippen molar-refractivity contribution in [2.45, 2.75) is 31.5 Å². The van der Waals surface area contributed by atoms with Gasteiger partial charge in [0.2, 0.25) is 5.91 Å². The summed E-state index contributed by atoms with van der Waals surface area (Å²) in [6.07, 6.45) is 3.07. The number of nitrogens with zero attached hydrogens (tertiary/aromatic N) is 2. The predicted octanol–water partition coefficient (Wildman–Crippen LogP) is 6.86. The first-order valence-corrected chi connectivity index (χ1v) is 12.6. The van der Waals surface area contributed by atoms with Crippen LogP contribution < -0.4 is 5.32 Å². The molecule has 4 rings (SSSR count). The van der Waals surface area contributed by atoms with Crippen LogP contribution in [0.3, 0.4) is 0 Å². The van der Waals surface area contributed by atoms with Crippen molar-refractivity contribution in [1.29, 1.82) is 0 Å². The minimum Gasteiger partial charge on any atom is -0.459 e. The van der Waals surface area contributed by atoms with Crippen LogP contribution in [0.1, 0.15) is 34.5 Å². The first-order valence-electron chi connectivity index (χ1n) is 12.6. The van der Waals surface area contributed by atoms with Gasteiger partial charge in [-0.25, -0.2) is 8.78 Å². The van der Waals surface area contributed by atoms with Gasteiger partial charge in [-0.2, -0.15) is 13.2 Å². The Bertz CT molecular complexity index is 1530. The molecule has 2 amide bonds. The Morgan fingerprint density at radius 3 is 2.44 bits per heavy atom. The van der Waals surface area contributed by atoms with Crippen molar-refractivity contribution in [2.24, 2.45) is 0 Å². The lowest BCUT2D eigenvalue weighted by Gasteiger charge is -2.31. The molecule has 214 valence electrons. The van der Waals surface area contributed by atoms with Crippen LogP contribution in [0.4, 0.5) is 22.0 Å². The summed E-state index contributed by atoms with van der Waals surface area (Å²) in [6.45, 7) is 6.83. The van der Waals surface area contributed by atoms with Gasteiger partial charge < -0.3 is 14.6 Å². The smallest absolute Gasteiger partial charge is 0.420 e. The number of alkyl halides is 5. The molecule has 1 saturated heterocycles. The molecule has 0 unspecified atom stereocenters. The molecule has 2 aromatic heterocycles. The van der Waals surface area contributed by atoms with Crippen molar-refractivity contribution >= 4 is 22.8 Å². The molecule has 41 heavy (non-hydrogen) atoms. The molecule has 1 aromatic carbocycles. The number of fused-ring (bicyclic) bond motifs is 1. The third kappa shape index (κ3) is 7.16. The molecule has 0 bridgehead atoms. The number of hydrogen-bond donors (Lipinski definition) is 1. The average molecular weight is 572 g/mol. The number of allylic oxidation sites excluding steroid dienone is 5. The number of nitrogens with one attached hydrogen (secondary N) is 1. The Kier molecular flexibility index (Phi) is 8.55. The number of carbonyl (C=O) groups is 2. The molecule has 3 aromatic rings. The molecule has 0 aliphatic carbocycles. The third-order valence-electron chi connectivity index (χ3n) is 6.47. The summed E-state index contributed by atoms with van der Waals surface area (Å²) in [5, 5.41) is 2.70. The lowest BCUT2D eigenvalue weighted by molar-refractivity contribution is -0.136. The summed E-state index contributed by atoms with van der Waals surface area (Å²) in [6, 6.07) is 6.57. The number of halogens is 5. The summed E-state index contributed by atoms with van der Waals surface area (Å²) >= 11 is 0. The molecule has 6 nitrogen and oxygen atoms in total. The molecule has 0 radical (unpaired) electrons. The van der Waals surface area contributed by atoms with Gasteiger partial charge in [0.25, 0.3) is 11.8 Å². The van der Waals surface area contributed by atoms with Crippen molar-refractivity contribution in [3.05, 3.63) is 103 Å². The highest BCUT2D eigenvalue weighted by Gasteiger charge is 2.36. The number of amides is 2. The maximum Gasteiger partial charge on any atom is 0.420 e. The van der Waals surface area contributed by atoms with Crippen LogP contribution in [0.5, 0.6) is 0 Å². The van der Waals surface area contributed by atoms with Crippen molar-refractivity contribution in [3.8, 4) is 11.3 Å². The first-order chi connectivity index (χ1) is 19.4. The number of likely N-dealkylation sites (tertiary alicyclic amines) is 1. The number of piperidine rings is 1. The predicted molar refractivity (Wildman–Crippen MR) is 144 cm³/mol. The molecule has 1 aliphatic heterocycles. The van der Waals surface area contributed by atoms with Crippen LogP contribution in [-0.4, -0.2) is 40.7 Å². The summed E-state index contributed by atoms with van der Waals surface area (Å²) in [4.78, 5) is 30.3. The molecule has 0 atom stereocenters. The van der Waals surface area contributed by atoms with Gasteiger partial charge in [-0.15, -0.1) is 0 Å². The van der Waals surface area contributed by atoms with E-state index >= 15 is 0 Å². The van der Waals surface area contributed by atoms with E-state index in [4.69, 9.17) is 4.42 Å². The summed E-state index contributed by atoms with van der Waals surface area (Å²) in [5.41, 5.74) is -0.325. The largest absolute Gasteiger partial charge is 0.459 e. The Hall–Kier alpha value is -4.54. The van der Waals surface area contributed by atoms with Gasteiger partial charge in [-0.1, -0.05) is 31.4 Å². The maximum atomic E-state index is 14.0.